The third-order valence-corrected chi connectivity index (χ3v) is 5.07. The van der Waals surface area contributed by atoms with Crippen molar-refractivity contribution in [1.29, 1.82) is 0 Å². The Balaban J connectivity index is 1.49. The molecule has 3 amide bonds. The van der Waals surface area contributed by atoms with E-state index in [1.54, 1.807) is 0 Å². The highest BCUT2D eigenvalue weighted by Crippen LogP contribution is 2.21. The van der Waals surface area contributed by atoms with Gasteiger partial charge >= 0.3 is 12.1 Å². The highest BCUT2D eigenvalue weighted by atomic mass is 16.6. The maximum Gasteiger partial charge on any atom is 0.407 e. The van der Waals surface area contributed by atoms with Crippen LogP contribution in [0.3, 0.4) is 0 Å². The Hall–Kier alpha value is -2.24. The minimum absolute atomic E-state index is 0.0510. The predicted octanol–water partition coefficient (Wildman–Crippen LogP) is 4.35. The molecular weight excluding hydrogens is 366 g/mol. The normalized spacial score (nSPS) is 15.1. The molecule has 1 aliphatic heterocycles. The SMILES string of the molecule is CC(C)(C)OC(=O)NCCCCCNC(=O)N1CCC(Cc2ccccc2)CC1. The monoisotopic (exact) mass is 403 g/mol. The van der Waals surface area contributed by atoms with E-state index in [9.17, 15) is 9.59 Å². The minimum Gasteiger partial charge on any atom is -0.444 e. The summed E-state index contributed by atoms with van der Waals surface area (Å²) in [6, 6.07) is 10.6. The van der Waals surface area contributed by atoms with E-state index in [2.05, 4.69) is 34.9 Å². The summed E-state index contributed by atoms with van der Waals surface area (Å²) in [4.78, 5) is 25.8. The van der Waals surface area contributed by atoms with Gasteiger partial charge in [-0.1, -0.05) is 30.3 Å². The van der Waals surface area contributed by atoms with E-state index in [0.29, 0.717) is 19.0 Å². The second kappa shape index (κ2) is 11.7. The van der Waals surface area contributed by atoms with E-state index in [1.165, 1.54) is 5.56 Å². The number of likely N-dealkylation sites (tertiary alicyclic amines) is 1. The van der Waals surface area contributed by atoms with E-state index in [0.717, 1.165) is 51.6 Å². The number of amides is 3. The van der Waals surface area contributed by atoms with E-state index in [4.69, 9.17) is 4.74 Å². The number of nitrogens with zero attached hydrogens (tertiary/aromatic N) is 1. The lowest BCUT2D eigenvalue weighted by molar-refractivity contribution is 0.0527. The summed E-state index contributed by atoms with van der Waals surface area (Å²) in [7, 11) is 0. The second-order valence-electron chi connectivity index (χ2n) is 8.84. The van der Waals surface area contributed by atoms with E-state index < -0.39 is 5.60 Å². The third-order valence-electron chi connectivity index (χ3n) is 5.07. The van der Waals surface area contributed by atoms with Gasteiger partial charge in [-0.3, -0.25) is 0 Å². The highest BCUT2D eigenvalue weighted by Gasteiger charge is 2.22. The van der Waals surface area contributed by atoms with Crippen molar-refractivity contribution in [2.45, 2.75) is 64.9 Å². The number of alkyl carbamates (subject to hydrolysis) is 1. The summed E-state index contributed by atoms with van der Waals surface area (Å²) < 4.78 is 5.19. The van der Waals surface area contributed by atoms with Gasteiger partial charge in [-0.05, 0) is 70.8 Å². The van der Waals surface area contributed by atoms with Crippen molar-refractivity contribution in [1.82, 2.24) is 15.5 Å². The minimum atomic E-state index is -0.468. The number of unbranched alkanes of at least 4 members (excludes halogenated alkanes) is 2. The van der Waals surface area contributed by atoms with Crippen LogP contribution in [-0.2, 0) is 11.2 Å². The Labute approximate surface area is 175 Å². The summed E-state index contributed by atoms with van der Waals surface area (Å²) in [6.45, 7) is 8.49. The van der Waals surface area contributed by atoms with Crippen LogP contribution in [0, 0.1) is 5.92 Å². The molecule has 2 rings (SSSR count). The predicted molar refractivity (Wildman–Crippen MR) is 116 cm³/mol. The molecule has 6 heteroatoms. The highest BCUT2D eigenvalue weighted by molar-refractivity contribution is 5.74. The van der Waals surface area contributed by atoms with Crippen LogP contribution >= 0.6 is 0 Å². The molecule has 1 heterocycles. The quantitative estimate of drug-likeness (QED) is 0.634. The number of rotatable bonds is 8. The number of hydrogen-bond donors (Lipinski definition) is 2. The molecule has 0 aromatic heterocycles. The number of carbonyl (C=O) groups excluding carboxylic acids is 2. The molecular formula is C23H37N3O3. The molecule has 1 aliphatic rings. The van der Waals surface area contributed by atoms with E-state index in [-0.39, 0.29) is 12.1 Å². The first-order valence-electron chi connectivity index (χ1n) is 10.9. The molecule has 0 spiro atoms. The Morgan fingerprint density at radius 3 is 2.24 bits per heavy atom. The van der Waals surface area contributed by atoms with Crippen LogP contribution in [0.25, 0.3) is 0 Å². The number of nitrogens with one attached hydrogen (secondary N) is 2. The molecule has 29 heavy (non-hydrogen) atoms. The molecule has 0 aliphatic carbocycles. The van der Waals surface area contributed by atoms with Crippen LogP contribution in [0.5, 0.6) is 0 Å². The van der Waals surface area contributed by atoms with Crippen LogP contribution in [0.2, 0.25) is 0 Å². The Kier molecular flexibility index (Phi) is 9.29. The lowest BCUT2D eigenvalue weighted by atomic mass is 9.90. The van der Waals surface area contributed by atoms with Gasteiger partial charge in [0.15, 0.2) is 0 Å². The van der Waals surface area contributed by atoms with Crippen molar-refractivity contribution in [3.8, 4) is 0 Å². The summed E-state index contributed by atoms with van der Waals surface area (Å²) in [5.74, 6) is 0.666. The van der Waals surface area contributed by atoms with Crippen LogP contribution in [0.15, 0.2) is 30.3 Å². The molecule has 1 aromatic carbocycles. The summed E-state index contributed by atoms with van der Waals surface area (Å²) in [5.41, 5.74) is 0.918. The van der Waals surface area contributed by atoms with Crippen LogP contribution in [0.4, 0.5) is 9.59 Å². The molecule has 6 nitrogen and oxygen atoms in total. The smallest absolute Gasteiger partial charge is 0.407 e. The van der Waals surface area contributed by atoms with Crippen molar-refractivity contribution >= 4 is 12.1 Å². The van der Waals surface area contributed by atoms with Gasteiger partial charge in [-0.15, -0.1) is 0 Å². The summed E-state index contributed by atoms with van der Waals surface area (Å²) in [6.07, 6.45) is 5.60. The fourth-order valence-corrected chi connectivity index (χ4v) is 3.53. The van der Waals surface area contributed by atoms with Crippen LogP contribution < -0.4 is 10.6 Å². The largest absolute Gasteiger partial charge is 0.444 e. The van der Waals surface area contributed by atoms with Gasteiger partial charge in [0, 0.05) is 26.2 Å². The third kappa shape index (κ3) is 9.68. The Bertz CT molecular complexity index is 620. The molecule has 1 saturated heterocycles. The van der Waals surface area contributed by atoms with Gasteiger partial charge in [0.05, 0.1) is 0 Å². The van der Waals surface area contributed by atoms with Crippen molar-refractivity contribution in [3.05, 3.63) is 35.9 Å². The van der Waals surface area contributed by atoms with E-state index in [1.807, 2.05) is 31.7 Å². The van der Waals surface area contributed by atoms with Crippen molar-refractivity contribution in [2.75, 3.05) is 26.2 Å². The summed E-state index contributed by atoms with van der Waals surface area (Å²) in [5, 5.41) is 5.78. The number of ether oxygens (including phenoxy) is 1. The number of urea groups is 1. The maximum absolute atomic E-state index is 12.3. The number of piperidine rings is 1. The molecule has 0 atom stereocenters. The zero-order valence-corrected chi connectivity index (χ0v) is 18.2. The van der Waals surface area contributed by atoms with E-state index >= 15 is 0 Å². The lowest BCUT2D eigenvalue weighted by Gasteiger charge is -2.32. The standard InChI is InChI=1S/C23H37N3O3/c1-23(2,3)29-22(28)25-15-9-5-8-14-24-21(27)26-16-12-20(13-17-26)18-19-10-6-4-7-11-19/h4,6-7,10-11,20H,5,8-9,12-18H2,1-3H3,(H,24,27)(H,25,28). The first-order valence-corrected chi connectivity index (χ1v) is 10.9. The molecule has 2 N–H and O–H groups in total. The lowest BCUT2D eigenvalue weighted by Crippen LogP contribution is -2.45. The number of benzene rings is 1. The molecule has 0 saturated carbocycles. The number of hydrogen-bond acceptors (Lipinski definition) is 3. The van der Waals surface area contributed by atoms with Crippen LogP contribution in [-0.4, -0.2) is 48.8 Å². The van der Waals surface area contributed by atoms with Gasteiger partial charge in [0.25, 0.3) is 0 Å². The molecule has 0 radical (unpaired) electrons. The van der Waals surface area contributed by atoms with Crippen LogP contribution in [0.1, 0.15) is 58.4 Å². The molecule has 0 bridgehead atoms. The fourth-order valence-electron chi connectivity index (χ4n) is 3.53. The second-order valence-corrected chi connectivity index (χ2v) is 8.84. The summed E-state index contributed by atoms with van der Waals surface area (Å²) >= 11 is 0. The van der Waals surface area contributed by atoms with Gasteiger partial charge in [0.1, 0.15) is 5.60 Å². The first-order chi connectivity index (χ1) is 13.8. The average Bonchev–Trinajstić information content (AvgIpc) is 2.67. The first kappa shape index (κ1) is 23.0. The zero-order chi connectivity index (χ0) is 21.1. The maximum atomic E-state index is 12.3. The topological polar surface area (TPSA) is 70.7 Å². The number of carbonyl (C=O) groups is 2. The van der Waals surface area contributed by atoms with Crippen molar-refractivity contribution < 1.29 is 14.3 Å². The molecule has 0 unspecified atom stereocenters. The van der Waals surface area contributed by atoms with Crippen molar-refractivity contribution in [2.24, 2.45) is 5.92 Å². The Morgan fingerprint density at radius 2 is 1.62 bits per heavy atom. The van der Waals surface area contributed by atoms with Gasteiger partial charge < -0.3 is 20.3 Å². The fraction of sp³-hybridized carbons (Fsp3) is 0.652. The van der Waals surface area contributed by atoms with Gasteiger partial charge in [0.2, 0.25) is 0 Å². The Morgan fingerprint density at radius 1 is 1.00 bits per heavy atom. The van der Waals surface area contributed by atoms with Crippen molar-refractivity contribution in [3.63, 3.8) is 0 Å². The molecule has 1 fully saturated rings. The van der Waals surface area contributed by atoms with Gasteiger partial charge in [-0.2, -0.15) is 0 Å². The van der Waals surface area contributed by atoms with Gasteiger partial charge in [-0.25, -0.2) is 9.59 Å². The molecule has 162 valence electrons. The molecule has 1 aromatic rings. The zero-order valence-electron chi connectivity index (χ0n) is 18.2. The average molecular weight is 404 g/mol.